The van der Waals surface area contributed by atoms with Crippen molar-refractivity contribution in [3.05, 3.63) is 0 Å². The molecule has 0 aromatic carbocycles. The highest BCUT2D eigenvalue weighted by molar-refractivity contribution is 5.60. The fourth-order valence-corrected chi connectivity index (χ4v) is 1.96. The molecule has 1 nitrogen and oxygen atoms in total. The third-order valence-electron chi connectivity index (χ3n) is 4.49. The van der Waals surface area contributed by atoms with E-state index in [1.54, 1.807) is 0 Å². The van der Waals surface area contributed by atoms with Crippen molar-refractivity contribution >= 4 is 6.29 Å². The Bertz CT molecular complexity index is 215. The molecule has 1 heteroatoms. The Morgan fingerprint density at radius 3 is 1.67 bits per heavy atom. The maximum absolute atomic E-state index is 11.4. The Labute approximate surface area is 95.6 Å². The first-order valence-corrected chi connectivity index (χ1v) is 6.10. The summed E-state index contributed by atoms with van der Waals surface area (Å²) in [5.41, 5.74) is 0.130. The van der Waals surface area contributed by atoms with Crippen molar-refractivity contribution in [1.82, 2.24) is 0 Å². The minimum atomic E-state index is -0.207. The van der Waals surface area contributed by atoms with Gasteiger partial charge < -0.3 is 4.79 Å². The zero-order valence-electron chi connectivity index (χ0n) is 11.6. The number of carbonyl (C=O) groups is 1. The van der Waals surface area contributed by atoms with Gasteiger partial charge in [-0.05, 0) is 17.3 Å². The molecule has 0 heterocycles. The van der Waals surface area contributed by atoms with Gasteiger partial charge in [0.05, 0.1) is 0 Å². The van der Waals surface area contributed by atoms with E-state index in [0.29, 0.717) is 0 Å². The summed E-state index contributed by atoms with van der Waals surface area (Å²) in [5.74, 6) is 0. The first-order valence-electron chi connectivity index (χ1n) is 6.10. The molecule has 0 saturated carbocycles. The molecule has 0 aromatic rings. The van der Waals surface area contributed by atoms with Crippen LogP contribution in [0.1, 0.15) is 67.7 Å². The lowest BCUT2D eigenvalue weighted by Gasteiger charge is -2.44. The number of rotatable bonds is 6. The highest BCUT2D eigenvalue weighted by Crippen LogP contribution is 2.47. The summed E-state index contributed by atoms with van der Waals surface area (Å²) in [5, 5.41) is 0. The highest BCUT2D eigenvalue weighted by atomic mass is 16.1. The number of aldehydes is 1. The summed E-state index contributed by atoms with van der Waals surface area (Å²) in [4.78, 5) is 11.4. The van der Waals surface area contributed by atoms with E-state index in [9.17, 15) is 4.79 Å². The Morgan fingerprint density at radius 1 is 0.933 bits per heavy atom. The summed E-state index contributed by atoms with van der Waals surface area (Å²) >= 11 is 0. The van der Waals surface area contributed by atoms with Crippen LogP contribution in [0.5, 0.6) is 0 Å². The second-order valence-corrected chi connectivity index (χ2v) is 6.47. The third-order valence-corrected chi connectivity index (χ3v) is 4.49. The van der Waals surface area contributed by atoms with Crippen LogP contribution < -0.4 is 0 Å². The second-order valence-electron chi connectivity index (χ2n) is 6.47. The summed E-state index contributed by atoms with van der Waals surface area (Å²) in [6.07, 6.45) is 4.31. The van der Waals surface area contributed by atoms with Crippen molar-refractivity contribution in [3.8, 4) is 0 Å². The van der Waals surface area contributed by atoms with E-state index >= 15 is 0 Å². The Kier molecular flexibility index (Phi) is 4.57. The van der Waals surface area contributed by atoms with Gasteiger partial charge in [0, 0.05) is 5.41 Å². The molecule has 0 N–H and O–H groups in total. The minimum Gasteiger partial charge on any atom is -0.303 e. The van der Waals surface area contributed by atoms with Crippen LogP contribution in [0, 0.1) is 16.2 Å². The molecule has 0 spiro atoms. The van der Waals surface area contributed by atoms with E-state index in [2.05, 4.69) is 48.5 Å². The van der Waals surface area contributed by atoms with Crippen LogP contribution >= 0.6 is 0 Å². The van der Waals surface area contributed by atoms with Crippen molar-refractivity contribution in [2.45, 2.75) is 67.7 Å². The molecule has 0 bridgehead atoms. The Hall–Kier alpha value is -0.330. The fraction of sp³-hybridized carbons (Fsp3) is 0.929. The predicted molar refractivity (Wildman–Crippen MR) is 66.9 cm³/mol. The average molecular weight is 212 g/mol. The normalized spacial score (nSPS) is 17.3. The largest absolute Gasteiger partial charge is 0.303 e. The second kappa shape index (κ2) is 4.67. The van der Waals surface area contributed by atoms with Gasteiger partial charge in [0.1, 0.15) is 6.29 Å². The van der Waals surface area contributed by atoms with E-state index in [4.69, 9.17) is 0 Å². The molecule has 90 valence electrons. The van der Waals surface area contributed by atoms with Gasteiger partial charge in [-0.2, -0.15) is 0 Å². The fourth-order valence-electron chi connectivity index (χ4n) is 1.96. The number of hydrogen-bond acceptors (Lipinski definition) is 1. The Balaban J connectivity index is 4.96. The lowest BCUT2D eigenvalue weighted by Crippen LogP contribution is -2.39. The van der Waals surface area contributed by atoms with E-state index in [1.807, 2.05) is 0 Å². The first kappa shape index (κ1) is 14.7. The van der Waals surface area contributed by atoms with Crippen LogP contribution in [0.15, 0.2) is 0 Å². The topological polar surface area (TPSA) is 17.1 Å². The number of hydrogen-bond donors (Lipinski definition) is 0. The van der Waals surface area contributed by atoms with Crippen LogP contribution in [0.3, 0.4) is 0 Å². The van der Waals surface area contributed by atoms with Gasteiger partial charge in [-0.25, -0.2) is 0 Å². The van der Waals surface area contributed by atoms with E-state index < -0.39 is 0 Å². The van der Waals surface area contributed by atoms with Crippen molar-refractivity contribution in [3.63, 3.8) is 0 Å². The van der Waals surface area contributed by atoms with Gasteiger partial charge >= 0.3 is 0 Å². The standard InChI is InChI=1S/C14H28O/c1-8-12(3,4)10-14(7,11-15)13(5,6)9-2/h11H,8-10H2,1-7H3. The molecule has 0 saturated heterocycles. The average Bonchev–Trinajstić information content (AvgIpc) is 2.16. The van der Waals surface area contributed by atoms with Crippen molar-refractivity contribution in [2.75, 3.05) is 0 Å². The van der Waals surface area contributed by atoms with E-state index in [0.717, 1.165) is 19.3 Å². The van der Waals surface area contributed by atoms with Crippen molar-refractivity contribution in [2.24, 2.45) is 16.2 Å². The smallest absolute Gasteiger partial charge is 0.126 e. The molecule has 0 radical (unpaired) electrons. The van der Waals surface area contributed by atoms with Gasteiger partial charge in [0.25, 0.3) is 0 Å². The maximum atomic E-state index is 11.4. The summed E-state index contributed by atoms with van der Waals surface area (Å²) in [7, 11) is 0. The molecular weight excluding hydrogens is 184 g/mol. The minimum absolute atomic E-state index is 0.0845. The zero-order chi connectivity index (χ0) is 12.3. The Morgan fingerprint density at radius 2 is 1.40 bits per heavy atom. The van der Waals surface area contributed by atoms with Gasteiger partial charge in [0.2, 0.25) is 0 Å². The van der Waals surface area contributed by atoms with Crippen molar-refractivity contribution in [1.29, 1.82) is 0 Å². The van der Waals surface area contributed by atoms with Crippen LogP contribution in [0.4, 0.5) is 0 Å². The molecule has 1 atom stereocenters. The quantitative estimate of drug-likeness (QED) is 0.594. The molecule has 0 amide bonds. The lowest BCUT2D eigenvalue weighted by atomic mass is 9.59. The molecular formula is C14H28O. The highest BCUT2D eigenvalue weighted by Gasteiger charge is 2.42. The van der Waals surface area contributed by atoms with Crippen LogP contribution in [0.2, 0.25) is 0 Å². The van der Waals surface area contributed by atoms with Crippen LogP contribution in [-0.2, 0) is 4.79 Å². The first-order chi connectivity index (χ1) is 6.64. The molecule has 1 unspecified atom stereocenters. The molecule has 0 aliphatic carbocycles. The molecule has 15 heavy (non-hydrogen) atoms. The van der Waals surface area contributed by atoms with Gasteiger partial charge in [0.15, 0.2) is 0 Å². The number of carbonyl (C=O) groups excluding carboxylic acids is 1. The van der Waals surface area contributed by atoms with E-state index in [1.165, 1.54) is 6.29 Å². The van der Waals surface area contributed by atoms with E-state index in [-0.39, 0.29) is 16.2 Å². The SMILES string of the molecule is CCC(C)(C)CC(C)(C=O)C(C)(C)CC. The predicted octanol–water partition coefficient (Wildman–Crippen LogP) is 4.45. The molecule has 0 rings (SSSR count). The van der Waals surface area contributed by atoms with Crippen molar-refractivity contribution < 1.29 is 4.79 Å². The molecule has 0 fully saturated rings. The maximum Gasteiger partial charge on any atom is 0.126 e. The third kappa shape index (κ3) is 3.32. The zero-order valence-corrected chi connectivity index (χ0v) is 11.6. The lowest BCUT2D eigenvalue weighted by molar-refractivity contribution is -0.124. The van der Waals surface area contributed by atoms with Gasteiger partial charge in [-0.3, -0.25) is 0 Å². The van der Waals surface area contributed by atoms with Gasteiger partial charge in [-0.1, -0.05) is 61.3 Å². The monoisotopic (exact) mass is 212 g/mol. The summed E-state index contributed by atoms with van der Waals surface area (Å²) < 4.78 is 0. The summed E-state index contributed by atoms with van der Waals surface area (Å²) in [6.45, 7) is 15.4. The summed E-state index contributed by atoms with van der Waals surface area (Å²) in [6, 6.07) is 0. The molecule has 0 aliphatic heterocycles. The molecule has 0 aliphatic rings. The van der Waals surface area contributed by atoms with Crippen LogP contribution in [0.25, 0.3) is 0 Å². The molecule has 0 aromatic heterocycles. The van der Waals surface area contributed by atoms with Gasteiger partial charge in [-0.15, -0.1) is 0 Å². The van der Waals surface area contributed by atoms with Crippen LogP contribution in [-0.4, -0.2) is 6.29 Å².